The third kappa shape index (κ3) is 3.45. The van der Waals surface area contributed by atoms with Crippen molar-refractivity contribution in [1.29, 1.82) is 0 Å². The van der Waals surface area contributed by atoms with Crippen molar-refractivity contribution in [3.8, 4) is 0 Å². The lowest BCUT2D eigenvalue weighted by Gasteiger charge is -2.33. The van der Waals surface area contributed by atoms with Crippen molar-refractivity contribution in [2.75, 3.05) is 0 Å². The molecular weight excluding hydrogens is 312 g/mol. The molecule has 0 amide bonds. The minimum Gasteiger partial charge on any atom is -0.385 e. The van der Waals surface area contributed by atoms with Gasteiger partial charge in [-0.15, -0.1) is 0 Å². The smallest absolute Gasteiger partial charge is 0.385 e. The Balaban J connectivity index is 3.09. The first-order valence-corrected chi connectivity index (χ1v) is 5.51. The van der Waals surface area contributed by atoms with Crippen molar-refractivity contribution in [3.05, 3.63) is 35.6 Å². The molecule has 0 aliphatic carbocycles. The van der Waals surface area contributed by atoms with E-state index in [1.54, 1.807) is 0 Å². The molecule has 0 saturated heterocycles. The number of alkyl halides is 7. The van der Waals surface area contributed by atoms with Gasteiger partial charge in [0.2, 0.25) is 0 Å². The van der Waals surface area contributed by atoms with E-state index in [1.807, 2.05) is 0 Å². The Hall–Kier alpha value is -1.38. The van der Waals surface area contributed by atoms with Crippen molar-refractivity contribution < 1.29 is 40.2 Å². The fourth-order valence-electron chi connectivity index (χ4n) is 1.66. The van der Waals surface area contributed by atoms with Crippen LogP contribution in [0.5, 0.6) is 0 Å². The van der Waals surface area contributed by atoms with E-state index >= 15 is 0 Å². The minimum absolute atomic E-state index is 0.415. The quantitative estimate of drug-likeness (QED) is 0.822. The van der Waals surface area contributed by atoms with Gasteiger partial charge in [-0.2, -0.15) is 30.7 Å². The predicted molar refractivity (Wildman–Crippen MR) is 56.5 cm³/mol. The highest BCUT2D eigenvalue weighted by molar-refractivity contribution is 5.23. The maximum atomic E-state index is 13.3. The predicted octanol–water partition coefficient (Wildman–Crippen LogP) is 4.26. The van der Waals surface area contributed by atoms with Crippen LogP contribution in [0.4, 0.5) is 35.1 Å². The first kappa shape index (κ1) is 17.7. The molecule has 0 saturated carbocycles. The lowest BCUT2D eigenvalue weighted by Crippen LogP contribution is -2.54. The van der Waals surface area contributed by atoms with E-state index in [-0.39, 0.29) is 0 Å². The Morgan fingerprint density at radius 2 is 1.33 bits per heavy atom. The van der Waals surface area contributed by atoms with Crippen LogP contribution in [0, 0.1) is 5.82 Å². The lowest BCUT2D eigenvalue weighted by atomic mass is 9.87. The van der Waals surface area contributed by atoms with E-state index in [0.717, 1.165) is 24.3 Å². The molecule has 0 aliphatic rings. The van der Waals surface area contributed by atoms with Crippen LogP contribution in [0.15, 0.2) is 24.3 Å². The molecule has 0 spiro atoms. The van der Waals surface area contributed by atoms with Crippen LogP contribution in [-0.4, -0.2) is 23.1 Å². The summed E-state index contributed by atoms with van der Waals surface area (Å²) in [6.45, 7) is 0.639. The average Bonchev–Trinajstić information content (AvgIpc) is 2.26. The van der Waals surface area contributed by atoms with Gasteiger partial charge in [0.05, 0.1) is 12.0 Å². The maximum Gasteiger partial charge on any atom is 0.459 e. The summed E-state index contributed by atoms with van der Waals surface area (Å²) in [5, 5.41) is 9.74. The summed E-state index contributed by atoms with van der Waals surface area (Å²) in [6.07, 6.45) is -8.65. The summed E-state index contributed by atoms with van der Waals surface area (Å²) in [5.74, 6) is -12.6. The highest BCUT2D eigenvalue weighted by Gasteiger charge is 2.73. The van der Waals surface area contributed by atoms with Gasteiger partial charge in [-0.3, -0.25) is 0 Å². The van der Waals surface area contributed by atoms with Crippen LogP contribution in [0.1, 0.15) is 18.9 Å². The second-order valence-electron chi connectivity index (χ2n) is 4.73. The largest absolute Gasteiger partial charge is 0.459 e. The molecule has 1 rings (SSSR count). The molecule has 1 nitrogen and oxygen atoms in total. The Kier molecular flexibility index (Phi) is 4.30. The zero-order valence-corrected chi connectivity index (χ0v) is 10.5. The molecule has 120 valence electrons. The van der Waals surface area contributed by atoms with Gasteiger partial charge in [0, 0.05) is 0 Å². The molecule has 1 unspecified atom stereocenters. The molecule has 0 radical (unpaired) electrons. The van der Waals surface area contributed by atoms with Gasteiger partial charge in [0.1, 0.15) is 5.82 Å². The molecule has 0 aromatic heterocycles. The molecule has 1 aromatic rings. The van der Waals surface area contributed by atoms with Gasteiger partial charge in [0.15, 0.2) is 0 Å². The summed E-state index contributed by atoms with van der Waals surface area (Å²) in [7, 11) is 0. The number of hydrogen-bond donors (Lipinski definition) is 1. The van der Waals surface area contributed by atoms with E-state index in [4.69, 9.17) is 0 Å². The molecule has 9 heteroatoms. The van der Waals surface area contributed by atoms with Crippen LogP contribution in [0.3, 0.4) is 0 Å². The molecule has 0 heterocycles. The molecule has 21 heavy (non-hydrogen) atoms. The molecular formula is C12H10F8O. The topological polar surface area (TPSA) is 20.2 Å². The maximum absolute atomic E-state index is 13.3. The van der Waals surface area contributed by atoms with E-state index in [0.29, 0.717) is 6.92 Å². The van der Waals surface area contributed by atoms with Gasteiger partial charge >= 0.3 is 18.0 Å². The number of hydrogen-bond acceptors (Lipinski definition) is 1. The van der Waals surface area contributed by atoms with Crippen LogP contribution in [-0.2, 0) is 5.60 Å². The van der Waals surface area contributed by atoms with Crippen molar-refractivity contribution in [1.82, 2.24) is 0 Å². The van der Waals surface area contributed by atoms with Crippen LogP contribution < -0.4 is 0 Å². The van der Waals surface area contributed by atoms with E-state index in [1.165, 1.54) is 0 Å². The van der Waals surface area contributed by atoms with Crippen LogP contribution in [0.2, 0.25) is 0 Å². The molecule has 1 atom stereocenters. The number of halogens is 8. The van der Waals surface area contributed by atoms with Gasteiger partial charge in [-0.25, -0.2) is 4.39 Å². The minimum atomic E-state index is -6.46. The molecule has 0 bridgehead atoms. The Labute approximate surface area is 114 Å². The molecule has 1 N–H and O–H groups in total. The molecule has 1 aromatic carbocycles. The van der Waals surface area contributed by atoms with Crippen molar-refractivity contribution in [2.45, 2.75) is 37.0 Å². The summed E-state index contributed by atoms with van der Waals surface area (Å²) >= 11 is 0. The van der Waals surface area contributed by atoms with Crippen molar-refractivity contribution in [2.24, 2.45) is 0 Å². The van der Waals surface area contributed by atoms with E-state index < -0.39 is 41.4 Å². The van der Waals surface area contributed by atoms with E-state index in [9.17, 15) is 40.2 Å². The Bertz CT molecular complexity index is 489. The fourth-order valence-corrected chi connectivity index (χ4v) is 1.66. The van der Waals surface area contributed by atoms with Crippen LogP contribution in [0.25, 0.3) is 0 Å². The number of benzene rings is 1. The summed E-state index contributed by atoms with van der Waals surface area (Å²) in [4.78, 5) is 0. The second kappa shape index (κ2) is 5.11. The van der Waals surface area contributed by atoms with Crippen molar-refractivity contribution in [3.63, 3.8) is 0 Å². The number of aliphatic hydroxyl groups is 1. The fraction of sp³-hybridized carbons (Fsp3) is 0.500. The average molecular weight is 322 g/mol. The Morgan fingerprint density at radius 1 is 0.905 bits per heavy atom. The normalized spacial score (nSPS) is 16.7. The van der Waals surface area contributed by atoms with Crippen molar-refractivity contribution >= 4 is 0 Å². The first-order valence-electron chi connectivity index (χ1n) is 5.51. The van der Waals surface area contributed by atoms with Gasteiger partial charge < -0.3 is 5.11 Å². The first-order chi connectivity index (χ1) is 9.21. The third-order valence-corrected chi connectivity index (χ3v) is 2.85. The Morgan fingerprint density at radius 3 is 1.71 bits per heavy atom. The SMILES string of the molecule is CC(O)(CC(F)(F)C(F)(F)C(F)(F)F)c1ccc(F)cc1. The summed E-state index contributed by atoms with van der Waals surface area (Å²) in [6, 6.07) is 3.14. The third-order valence-electron chi connectivity index (χ3n) is 2.85. The summed E-state index contributed by atoms with van der Waals surface area (Å²) in [5.41, 5.74) is -3.12. The van der Waals surface area contributed by atoms with Gasteiger partial charge in [-0.05, 0) is 24.6 Å². The zero-order valence-electron chi connectivity index (χ0n) is 10.5. The number of rotatable bonds is 4. The van der Waals surface area contributed by atoms with Gasteiger partial charge in [0.25, 0.3) is 0 Å². The molecule has 0 aliphatic heterocycles. The highest BCUT2D eigenvalue weighted by Crippen LogP contribution is 2.50. The monoisotopic (exact) mass is 322 g/mol. The van der Waals surface area contributed by atoms with Gasteiger partial charge in [-0.1, -0.05) is 12.1 Å². The lowest BCUT2D eigenvalue weighted by molar-refractivity contribution is -0.361. The zero-order chi connectivity index (χ0) is 16.7. The van der Waals surface area contributed by atoms with Crippen LogP contribution >= 0.6 is 0 Å². The molecule has 0 fully saturated rings. The standard InChI is InChI=1S/C12H10F8O/c1-9(21,7-2-4-8(13)5-3-7)6-10(14,15)11(16,17)12(18,19)20/h2-5,21H,6H2,1H3. The summed E-state index contributed by atoms with van der Waals surface area (Å²) < 4.78 is 101. The van der Waals surface area contributed by atoms with E-state index in [2.05, 4.69) is 0 Å². The highest BCUT2D eigenvalue weighted by atomic mass is 19.4. The second-order valence-corrected chi connectivity index (χ2v) is 4.73.